The second-order valence-corrected chi connectivity index (χ2v) is 14.2. The maximum Gasteiger partial charge on any atom is 0.341 e. The molecule has 3 aromatic rings. The van der Waals surface area contributed by atoms with E-state index in [1.807, 2.05) is 18.2 Å². The number of hydrogen-bond donors (Lipinski definition) is 1. The van der Waals surface area contributed by atoms with Crippen molar-refractivity contribution in [3.05, 3.63) is 81.7 Å². The summed E-state index contributed by atoms with van der Waals surface area (Å²) in [5, 5.41) is 3.39. The van der Waals surface area contributed by atoms with Gasteiger partial charge in [-0.2, -0.15) is 4.31 Å². The summed E-state index contributed by atoms with van der Waals surface area (Å²) in [6.07, 6.45) is 1.69. The molecule has 2 atom stereocenters. The number of amides is 1. The monoisotopic (exact) mass is 631 g/mol. The molecule has 1 N–H and O–H groups in total. The van der Waals surface area contributed by atoms with E-state index in [-0.39, 0.29) is 23.9 Å². The molecule has 0 radical (unpaired) electrons. The molecule has 42 heavy (non-hydrogen) atoms. The highest BCUT2D eigenvalue weighted by atomic mass is 35.5. The summed E-state index contributed by atoms with van der Waals surface area (Å²) in [5.41, 5.74) is 2.89. The number of fused-ring (bicyclic) bond motifs is 1. The van der Waals surface area contributed by atoms with Crippen LogP contribution in [0.3, 0.4) is 0 Å². The highest BCUT2D eigenvalue weighted by molar-refractivity contribution is 7.89. The lowest BCUT2D eigenvalue weighted by Crippen LogP contribution is -2.42. The first-order valence-corrected chi connectivity index (χ1v) is 16.4. The number of anilines is 1. The number of carbonyl (C=O) groups is 2. The minimum Gasteiger partial charge on any atom is -0.462 e. The first kappa shape index (κ1) is 32.2. The van der Waals surface area contributed by atoms with E-state index in [0.29, 0.717) is 54.0 Å². The highest BCUT2D eigenvalue weighted by Gasteiger charge is 2.32. The van der Waals surface area contributed by atoms with Crippen molar-refractivity contribution in [3.63, 3.8) is 0 Å². The third-order valence-electron chi connectivity index (χ3n) is 7.68. The number of hydrogen-bond acceptors (Lipinski definition) is 7. The Balaban J connectivity index is 0.00000405. The van der Waals surface area contributed by atoms with Crippen molar-refractivity contribution in [3.8, 4) is 0 Å². The lowest BCUT2D eigenvalue weighted by Gasteiger charge is -2.34. The van der Waals surface area contributed by atoms with Gasteiger partial charge in [-0.25, -0.2) is 13.2 Å². The number of ether oxygens (including phenoxy) is 1. The van der Waals surface area contributed by atoms with Crippen LogP contribution in [0.1, 0.15) is 63.9 Å². The van der Waals surface area contributed by atoms with Crippen LogP contribution in [0.2, 0.25) is 0 Å². The average Bonchev–Trinajstić information content (AvgIpc) is 3.30. The Bertz CT molecular complexity index is 1500. The molecular weight excluding hydrogens is 594 g/mol. The van der Waals surface area contributed by atoms with Gasteiger partial charge in [-0.3, -0.25) is 9.69 Å². The van der Waals surface area contributed by atoms with Gasteiger partial charge in [0.2, 0.25) is 10.0 Å². The van der Waals surface area contributed by atoms with Crippen LogP contribution in [-0.4, -0.2) is 55.7 Å². The van der Waals surface area contributed by atoms with Gasteiger partial charge < -0.3 is 10.1 Å². The fourth-order valence-corrected chi connectivity index (χ4v) is 8.80. The highest BCUT2D eigenvalue weighted by Crippen LogP contribution is 2.38. The number of esters is 1. The molecule has 2 aliphatic heterocycles. The Morgan fingerprint density at radius 3 is 2.33 bits per heavy atom. The lowest BCUT2D eigenvalue weighted by atomic mass is 9.94. The van der Waals surface area contributed by atoms with Gasteiger partial charge in [-0.1, -0.05) is 44.2 Å². The smallest absolute Gasteiger partial charge is 0.341 e. The predicted octanol–water partition coefficient (Wildman–Crippen LogP) is 5.82. The van der Waals surface area contributed by atoms with Gasteiger partial charge in [0.05, 0.1) is 17.1 Å². The van der Waals surface area contributed by atoms with Crippen molar-refractivity contribution in [1.29, 1.82) is 0 Å². The van der Waals surface area contributed by atoms with E-state index >= 15 is 0 Å². The molecule has 2 unspecified atom stereocenters. The van der Waals surface area contributed by atoms with Crippen molar-refractivity contribution in [1.82, 2.24) is 9.21 Å². The molecule has 1 aromatic heterocycles. The zero-order chi connectivity index (χ0) is 29.1. The Hall–Kier alpha value is -2.76. The Labute approximate surface area is 258 Å². The van der Waals surface area contributed by atoms with Gasteiger partial charge in [-0.05, 0) is 67.0 Å². The SMILES string of the molecule is CCOC(=O)c1c(NC(=O)c2ccc(S(=O)(=O)N3CC(C)CC(C)C3)cc2)sc2c1CCN(Cc1ccccc1)C2.Cl. The number of benzene rings is 2. The quantitative estimate of drug-likeness (QED) is 0.315. The molecule has 1 saturated heterocycles. The minimum absolute atomic E-state index is 0. The second-order valence-electron chi connectivity index (χ2n) is 11.1. The molecule has 0 bridgehead atoms. The van der Waals surface area contributed by atoms with E-state index in [1.165, 1.54) is 41.2 Å². The molecule has 8 nitrogen and oxygen atoms in total. The largest absolute Gasteiger partial charge is 0.462 e. The van der Waals surface area contributed by atoms with Crippen LogP contribution in [-0.2, 0) is 34.3 Å². The Morgan fingerprint density at radius 2 is 1.69 bits per heavy atom. The Morgan fingerprint density at radius 1 is 1.02 bits per heavy atom. The molecule has 0 aliphatic carbocycles. The number of halogens is 1. The third kappa shape index (κ3) is 7.06. The van der Waals surface area contributed by atoms with Crippen LogP contribution in [0, 0.1) is 11.8 Å². The fourth-order valence-electron chi connectivity index (χ4n) is 5.84. The summed E-state index contributed by atoms with van der Waals surface area (Å²) >= 11 is 1.40. The maximum atomic E-state index is 13.3. The van der Waals surface area contributed by atoms with Crippen molar-refractivity contribution in [2.75, 3.05) is 31.6 Å². The van der Waals surface area contributed by atoms with Crippen LogP contribution < -0.4 is 5.32 Å². The first-order valence-electron chi connectivity index (χ1n) is 14.1. The summed E-state index contributed by atoms with van der Waals surface area (Å²) in [6.45, 7) is 9.41. The summed E-state index contributed by atoms with van der Waals surface area (Å²) in [7, 11) is -3.65. The van der Waals surface area contributed by atoms with E-state index in [9.17, 15) is 18.0 Å². The molecule has 2 aromatic carbocycles. The number of piperidine rings is 1. The molecule has 1 amide bonds. The summed E-state index contributed by atoms with van der Waals surface area (Å²) in [6, 6.07) is 16.3. The molecule has 11 heteroatoms. The van der Waals surface area contributed by atoms with Gasteiger partial charge in [0, 0.05) is 43.2 Å². The predicted molar refractivity (Wildman–Crippen MR) is 168 cm³/mol. The summed E-state index contributed by atoms with van der Waals surface area (Å²) < 4.78 is 33.4. The van der Waals surface area contributed by atoms with Crippen LogP contribution in [0.25, 0.3) is 0 Å². The first-order chi connectivity index (χ1) is 19.7. The molecule has 0 saturated carbocycles. The minimum atomic E-state index is -3.65. The van der Waals surface area contributed by atoms with Gasteiger partial charge in [0.1, 0.15) is 5.00 Å². The van der Waals surface area contributed by atoms with Gasteiger partial charge in [-0.15, -0.1) is 23.7 Å². The summed E-state index contributed by atoms with van der Waals surface area (Å²) in [4.78, 5) is 29.8. The average molecular weight is 632 g/mol. The van der Waals surface area contributed by atoms with E-state index in [0.717, 1.165) is 30.0 Å². The van der Waals surface area contributed by atoms with Gasteiger partial charge in [0.25, 0.3) is 5.91 Å². The number of sulfonamides is 1. The van der Waals surface area contributed by atoms with Crippen LogP contribution in [0.4, 0.5) is 5.00 Å². The molecule has 0 spiro atoms. The van der Waals surface area contributed by atoms with Crippen molar-refractivity contribution in [2.45, 2.75) is 51.6 Å². The zero-order valence-corrected chi connectivity index (χ0v) is 26.6. The number of nitrogens with one attached hydrogen (secondary N) is 1. The lowest BCUT2D eigenvalue weighted by molar-refractivity contribution is 0.0526. The van der Waals surface area contributed by atoms with Gasteiger partial charge in [0.15, 0.2) is 0 Å². The normalized spacial score (nSPS) is 19.4. The fraction of sp³-hybridized carbons (Fsp3) is 0.419. The molecule has 2 aliphatic rings. The number of rotatable bonds is 8. The molecule has 226 valence electrons. The summed E-state index contributed by atoms with van der Waals surface area (Å²) in [5.74, 6) is -0.244. The van der Waals surface area contributed by atoms with E-state index in [2.05, 4.69) is 36.2 Å². The second kappa shape index (κ2) is 13.7. The molecule has 1 fully saturated rings. The number of nitrogens with zero attached hydrogens (tertiary/aromatic N) is 2. The standard InChI is InChI=1S/C31H37N3O5S2.ClH/c1-4-39-31(36)28-26-14-15-33(19-23-8-6-5-7-9-23)20-27(26)40-30(28)32-29(35)24-10-12-25(13-11-24)41(37,38)34-17-21(2)16-22(3)18-34;/h5-13,21-22H,4,14-20H2,1-3H3,(H,32,35);1H. The van der Waals surface area contributed by atoms with Crippen LogP contribution >= 0.6 is 23.7 Å². The van der Waals surface area contributed by atoms with E-state index in [1.54, 1.807) is 11.2 Å². The topological polar surface area (TPSA) is 96.0 Å². The molecule has 3 heterocycles. The van der Waals surface area contributed by atoms with Crippen LogP contribution in [0.5, 0.6) is 0 Å². The van der Waals surface area contributed by atoms with Gasteiger partial charge >= 0.3 is 5.97 Å². The molecular formula is C31H38ClN3O5S2. The molecule has 5 rings (SSSR count). The van der Waals surface area contributed by atoms with E-state index < -0.39 is 21.9 Å². The number of thiophene rings is 1. The van der Waals surface area contributed by atoms with Crippen molar-refractivity contribution < 1.29 is 22.7 Å². The van der Waals surface area contributed by atoms with Crippen molar-refractivity contribution >= 4 is 50.6 Å². The van der Waals surface area contributed by atoms with Crippen LogP contribution in [0.15, 0.2) is 59.5 Å². The van der Waals surface area contributed by atoms with E-state index in [4.69, 9.17) is 4.74 Å². The third-order valence-corrected chi connectivity index (χ3v) is 10.7. The zero-order valence-electron chi connectivity index (χ0n) is 24.2. The van der Waals surface area contributed by atoms with Crippen molar-refractivity contribution in [2.24, 2.45) is 11.8 Å². The number of carbonyl (C=O) groups excluding carboxylic acids is 2. The maximum absolute atomic E-state index is 13.3. The Kier molecular flexibility index (Phi) is 10.5.